The Hall–Kier alpha value is -0.470. The number of hydrogen-bond donors (Lipinski definition) is 1. The Bertz CT molecular complexity index is 377. The summed E-state index contributed by atoms with van der Waals surface area (Å²) in [7, 11) is 0. The van der Waals surface area contributed by atoms with Crippen molar-refractivity contribution in [1.82, 2.24) is 5.32 Å². The predicted octanol–water partition coefficient (Wildman–Crippen LogP) is 4.36. The molecule has 0 spiro atoms. The van der Waals surface area contributed by atoms with Crippen LogP contribution in [0.15, 0.2) is 24.3 Å². The maximum absolute atomic E-state index is 3.70. The Morgan fingerprint density at radius 1 is 1.22 bits per heavy atom. The van der Waals surface area contributed by atoms with E-state index in [-0.39, 0.29) is 0 Å². The summed E-state index contributed by atoms with van der Waals surface area (Å²) < 4.78 is 0. The second kappa shape index (κ2) is 6.63. The van der Waals surface area contributed by atoms with Gasteiger partial charge >= 0.3 is 0 Å². The van der Waals surface area contributed by atoms with Gasteiger partial charge in [0, 0.05) is 11.3 Å². The fourth-order valence-corrected chi connectivity index (χ4v) is 4.35. The molecule has 0 heterocycles. The van der Waals surface area contributed by atoms with Gasteiger partial charge in [0.2, 0.25) is 0 Å². The molecular formula is C16H25NS. The van der Waals surface area contributed by atoms with Gasteiger partial charge in [-0.25, -0.2) is 0 Å². The molecule has 1 aliphatic rings. The maximum atomic E-state index is 3.70. The average molecular weight is 263 g/mol. The Morgan fingerprint density at radius 3 is 2.61 bits per heavy atom. The van der Waals surface area contributed by atoms with Crippen molar-refractivity contribution in [1.29, 1.82) is 0 Å². The highest BCUT2D eigenvalue weighted by atomic mass is 32.2. The normalized spacial score (nSPS) is 26.9. The molecule has 0 aromatic heterocycles. The number of thioether (sulfide) groups is 1. The lowest BCUT2D eigenvalue weighted by atomic mass is 9.80. The van der Waals surface area contributed by atoms with Gasteiger partial charge in [-0.1, -0.05) is 45.0 Å². The highest BCUT2D eigenvalue weighted by Crippen LogP contribution is 2.42. The quantitative estimate of drug-likeness (QED) is 0.847. The van der Waals surface area contributed by atoms with E-state index in [0.29, 0.717) is 12.0 Å². The monoisotopic (exact) mass is 263 g/mol. The molecule has 0 aliphatic heterocycles. The average Bonchev–Trinajstić information content (AvgIpc) is 2.40. The van der Waals surface area contributed by atoms with Crippen molar-refractivity contribution in [2.75, 3.05) is 12.3 Å². The van der Waals surface area contributed by atoms with Gasteiger partial charge in [0.05, 0.1) is 0 Å². The molecule has 1 aliphatic carbocycles. The van der Waals surface area contributed by atoms with Gasteiger partial charge in [0.15, 0.2) is 0 Å². The molecule has 3 unspecified atom stereocenters. The molecule has 0 bridgehead atoms. The molecule has 1 aromatic rings. The first kappa shape index (κ1) is 14.0. The number of hydrogen-bond acceptors (Lipinski definition) is 2. The van der Waals surface area contributed by atoms with Crippen LogP contribution in [0, 0.1) is 0 Å². The topological polar surface area (TPSA) is 12.0 Å². The van der Waals surface area contributed by atoms with Crippen LogP contribution in [0.2, 0.25) is 0 Å². The first-order chi connectivity index (χ1) is 8.77. The lowest BCUT2D eigenvalue weighted by Crippen LogP contribution is -2.35. The molecule has 18 heavy (non-hydrogen) atoms. The molecule has 1 aromatic carbocycles. The van der Waals surface area contributed by atoms with Gasteiger partial charge in [-0.2, -0.15) is 11.8 Å². The van der Waals surface area contributed by atoms with E-state index in [1.807, 2.05) is 0 Å². The van der Waals surface area contributed by atoms with Crippen molar-refractivity contribution < 1.29 is 0 Å². The molecule has 0 amide bonds. The molecule has 2 rings (SSSR count). The summed E-state index contributed by atoms with van der Waals surface area (Å²) in [5.41, 5.74) is 3.09. The van der Waals surface area contributed by atoms with E-state index < -0.39 is 0 Å². The van der Waals surface area contributed by atoms with Crippen molar-refractivity contribution in [2.45, 2.75) is 50.8 Å². The standard InChI is InChI=1S/C16H25NS/c1-4-10-18-15-11-12(3)13-8-6-7-9-14(13)16(15)17-5-2/h6-9,12,15-17H,4-5,10-11H2,1-3H3. The molecule has 0 saturated heterocycles. The molecular weight excluding hydrogens is 238 g/mol. The van der Waals surface area contributed by atoms with E-state index in [0.717, 1.165) is 11.8 Å². The third kappa shape index (κ3) is 2.92. The van der Waals surface area contributed by atoms with Crippen LogP contribution in [0.5, 0.6) is 0 Å². The third-order valence-electron chi connectivity index (χ3n) is 3.78. The maximum Gasteiger partial charge on any atom is 0.0443 e. The predicted molar refractivity (Wildman–Crippen MR) is 82.4 cm³/mol. The SMILES string of the molecule is CCCSC1CC(C)c2ccccc2C1NCC. The highest BCUT2D eigenvalue weighted by molar-refractivity contribution is 7.99. The molecule has 1 nitrogen and oxygen atoms in total. The molecule has 0 saturated carbocycles. The van der Waals surface area contributed by atoms with Gasteiger partial charge < -0.3 is 5.32 Å². The summed E-state index contributed by atoms with van der Waals surface area (Å²) in [6.45, 7) is 7.91. The van der Waals surface area contributed by atoms with Crippen molar-refractivity contribution in [3.8, 4) is 0 Å². The Balaban J connectivity index is 2.25. The Labute approximate surface area is 116 Å². The second-order valence-electron chi connectivity index (χ2n) is 5.21. The van der Waals surface area contributed by atoms with E-state index in [1.54, 1.807) is 5.56 Å². The van der Waals surface area contributed by atoms with Gasteiger partial charge in [-0.3, -0.25) is 0 Å². The van der Waals surface area contributed by atoms with E-state index >= 15 is 0 Å². The van der Waals surface area contributed by atoms with Gasteiger partial charge in [0.25, 0.3) is 0 Å². The minimum atomic E-state index is 0.541. The summed E-state index contributed by atoms with van der Waals surface area (Å²) in [6.07, 6.45) is 2.58. The first-order valence-electron chi connectivity index (χ1n) is 7.21. The van der Waals surface area contributed by atoms with Gasteiger partial charge in [0.1, 0.15) is 0 Å². The van der Waals surface area contributed by atoms with Gasteiger partial charge in [-0.05, 0) is 42.2 Å². The number of fused-ring (bicyclic) bond motifs is 1. The molecule has 0 fully saturated rings. The van der Waals surface area contributed by atoms with Gasteiger partial charge in [-0.15, -0.1) is 0 Å². The summed E-state index contributed by atoms with van der Waals surface area (Å²) in [4.78, 5) is 0. The van der Waals surface area contributed by atoms with Crippen LogP contribution >= 0.6 is 11.8 Å². The summed E-state index contributed by atoms with van der Waals surface area (Å²) in [6, 6.07) is 9.53. The third-order valence-corrected chi connectivity index (χ3v) is 5.32. The van der Waals surface area contributed by atoms with Crippen LogP contribution in [-0.4, -0.2) is 17.5 Å². The molecule has 1 N–H and O–H groups in total. The minimum absolute atomic E-state index is 0.541. The van der Waals surface area contributed by atoms with E-state index in [1.165, 1.54) is 24.2 Å². The molecule has 100 valence electrons. The lowest BCUT2D eigenvalue weighted by molar-refractivity contribution is 0.453. The largest absolute Gasteiger partial charge is 0.309 e. The fourth-order valence-electron chi connectivity index (χ4n) is 2.95. The summed E-state index contributed by atoms with van der Waals surface area (Å²) in [5.74, 6) is 1.98. The number of rotatable bonds is 5. The Kier molecular flexibility index (Phi) is 5.13. The fraction of sp³-hybridized carbons (Fsp3) is 0.625. The Morgan fingerprint density at radius 2 is 1.94 bits per heavy atom. The number of benzene rings is 1. The summed E-state index contributed by atoms with van der Waals surface area (Å²) >= 11 is 2.15. The van der Waals surface area contributed by atoms with E-state index in [9.17, 15) is 0 Å². The molecule has 3 atom stereocenters. The van der Waals surface area contributed by atoms with Crippen LogP contribution in [0.1, 0.15) is 56.7 Å². The van der Waals surface area contributed by atoms with Crippen LogP contribution in [-0.2, 0) is 0 Å². The zero-order chi connectivity index (χ0) is 13.0. The van der Waals surface area contributed by atoms with Crippen molar-refractivity contribution in [2.24, 2.45) is 0 Å². The summed E-state index contributed by atoms with van der Waals surface area (Å²) in [5, 5.41) is 4.43. The zero-order valence-corrected chi connectivity index (χ0v) is 12.6. The molecule has 2 heteroatoms. The van der Waals surface area contributed by atoms with Crippen molar-refractivity contribution >= 4 is 11.8 Å². The highest BCUT2D eigenvalue weighted by Gasteiger charge is 2.32. The van der Waals surface area contributed by atoms with Crippen molar-refractivity contribution in [3.63, 3.8) is 0 Å². The minimum Gasteiger partial charge on any atom is -0.309 e. The van der Waals surface area contributed by atoms with Crippen LogP contribution < -0.4 is 5.32 Å². The first-order valence-corrected chi connectivity index (χ1v) is 8.26. The van der Waals surface area contributed by atoms with Crippen LogP contribution in [0.3, 0.4) is 0 Å². The molecule has 0 radical (unpaired) electrons. The second-order valence-corrected chi connectivity index (χ2v) is 6.56. The van der Waals surface area contributed by atoms with Crippen molar-refractivity contribution in [3.05, 3.63) is 35.4 Å². The number of nitrogens with one attached hydrogen (secondary N) is 1. The van der Waals surface area contributed by atoms with Crippen LogP contribution in [0.25, 0.3) is 0 Å². The lowest BCUT2D eigenvalue weighted by Gasteiger charge is -2.37. The van der Waals surface area contributed by atoms with Crippen LogP contribution in [0.4, 0.5) is 0 Å². The zero-order valence-electron chi connectivity index (χ0n) is 11.8. The van der Waals surface area contributed by atoms with E-state index in [4.69, 9.17) is 0 Å². The smallest absolute Gasteiger partial charge is 0.0443 e. The van der Waals surface area contributed by atoms with E-state index in [2.05, 4.69) is 62.1 Å².